The number of hydrogen-bond donors (Lipinski definition) is 1. The fourth-order valence-electron chi connectivity index (χ4n) is 3.99. The number of benzene rings is 2. The van der Waals surface area contributed by atoms with Crippen LogP contribution in [0.4, 0.5) is 5.69 Å². The highest BCUT2D eigenvalue weighted by molar-refractivity contribution is 5.58. The summed E-state index contributed by atoms with van der Waals surface area (Å²) in [5.41, 5.74) is 3.71. The van der Waals surface area contributed by atoms with Crippen LogP contribution in [-0.4, -0.2) is 62.6 Å². The lowest BCUT2D eigenvalue weighted by Gasteiger charge is -2.37. The second-order valence-corrected chi connectivity index (χ2v) is 8.10. The van der Waals surface area contributed by atoms with Gasteiger partial charge in [0.15, 0.2) is 0 Å². The van der Waals surface area contributed by atoms with E-state index >= 15 is 0 Å². The van der Waals surface area contributed by atoms with Crippen molar-refractivity contribution in [3.8, 4) is 11.5 Å². The molecule has 0 amide bonds. The molecule has 1 unspecified atom stereocenters. The number of piperazine rings is 1. The highest BCUT2D eigenvalue weighted by Gasteiger charge is 2.21. The molecule has 5 heteroatoms. The zero-order valence-corrected chi connectivity index (χ0v) is 18.1. The lowest BCUT2D eigenvalue weighted by molar-refractivity contribution is 0.0662. The van der Waals surface area contributed by atoms with Crippen molar-refractivity contribution in [1.29, 1.82) is 0 Å². The van der Waals surface area contributed by atoms with Crippen LogP contribution in [0.2, 0.25) is 0 Å². The molecule has 158 valence electrons. The maximum Gasteiger partial charge on any atom is 0.142 e. The van der Waals surface area contributed by atoms with Crippen molar-refractivity contribution in [2.24, 2.45) is 0 Å². The number of para-hydroxylation sites is 2. The summed E-state index contributed by atoms with van der Waals surface area (Å²) in [7, 11) is 1.71. The summed E-state index contributed by atoms with van der Waals surface area (Å²) in [6, 6.07) is 14.3. The highest BCUT2D eigenvalue weighted by atomic mass is 16.5. The Hall–Kier alpha value is -2.24. The second-order valence-electron chi connectivity index (χ2n) is 8.10. The molecule has 3 rings (SSSR count). The fourth-order valence-corrected chi connectivity index (χ4v) is 3.99. The van der Waals surface area contributed by atoms with E-state index in [0.717, 1.165) is 43.4 Å². The van der Waals surface area contributed by atoms with Crippen LogP contribution in [0.25, 0.3) is 0 Å². The van der Waals surface area contributed by atoms with Crippen molar-refractivity contribution >= 4 is 5.69 Å². The van der Waals surface area contributed by atoms with Crippen molar-refractivity contribution in [2.45, 2.75) is 32.8 Å². The Morgan fingerprint density at radius 1 is 1.03 bits per heavy atom. The van der Waals surface area contributed by atoms with Gasteiger partial charge in [0.2, 0.25) is 0 Å². The lowest BCUT2D eigenvalue weighted by Crippen LogP contribution is -2.49. The Morgan fingerprint density at radius 2 is 1.76 bits per heavy atom. The van der Waals surface area contributed by atoms with E-state index in [2.05, 4.69) is 48.8 Å². The summed E-state index contributed by atoms with van der Waals surface area (Å²) in [5, 5.41) is 10.4. The van der Waals surface area contributed by atoms with Crippen LogP contribution in [0.15, 0.2) is 42.5 Å². The third-order valence-corrected chi connectivity index (χ3v) is 5.57. The van der Waals surface area contributed by atoms with Gasteiger partial charge in [-0.2, -0.15) is 0 Å². The van der Waals surface area contributed by atoms with Crippen LogP contribution < -0.4 is 14.4 Å². The van der Waals surface area contributed by atoms with E-state index in [1.54, 1.807) is 7.11 Å². The number of aliphatic hydroxyl groups is 1. The van der Waals surface area contributed by atoms with Crippen LogP contribution in [0.5, 0.6) is 11.5 Å². The molecule has 0 radical (unpaired) electrons. The van der Waals surface area contributed by atoms with Crippen molar-refractivity contribution in [1.82, 2.24) is 4.90 Å². The predicted octanol–water partition coefficient (Wildman–Crippen LogP) is 3.69. The number of aryl methyl sites for hydroxylation is 1. The highest BCUT2D eigenvalue weighted by Crippen LogP contribution is 2.28. The third kappa shape index (κ3) is 5.64. The SMILES string of the molecule is COc1ccccc1N1CCN(CC(O)COc2ccc(C(C)C)c(C)c2)CC1. The molecule has 0 saturated carbocycles. The number of nitrogens with zero attached hydrogens (tertiary/aromatic N) is 2. The Kier molecular flexibility index (Phi) is 7.40. The summed E-state index contributed by atoms with van der Waals surface area (Å²) in [4.78, 5) is 4.64. The van der Waals surface area contributed by atoms with E-state index in [4.69, 9.17) is 9.47 Å². The van der Waals surface area contributed by atoms with E-state index < -0.39 is 6.10 Å². The van der Waals surface area contributed by atoms with E-state index in [0.29, 0.717) is 19.1 Å². The van der Waals surface area contributed by atoms with Gasteiger partial charge in [-0.05, 0) is 48.2 Å². The molecule has 2 aromatic carbocycles. The van der Waals surface area contributed by atoms with Crippen LogP contribution >= 0.6 is 0 Å². The quantitative estimate of drug-likeness (QED) is 0.735. The number of ether oxygens (including phenoxy) is 2. The van der Waals surface area contributed by atoms with Crippen LogP contribution in [0, 0.1) is 6.92 Å². The molecule has 2 aromatic rings. The molecule has 0 spiro atoms. The van der Waals surface area contributed by atoms with Gasteiger partial charge < -0.3 is 19.5 Å². The molecule has 1 saturated heterocycles. The largest absolute Gasteiger partial charge is 0.495 e. The van der Waals surface area contributed by atoms with Crippen molar-refractivity contribution in [3.63, 3.8) is 0 Å². The standard InChI is InChI=1S/C24H34N2O3/c1-18(2)22-10-9-21(15-19(22)3)29-17-20(27)16-25-11-13-26(14-12-25)23-7-5-6-8-24(23)28-4/h5-10,15,18,20,27H,11-14,16-17H2,1-4H3. The third-order valence-electron chi connectivity index (χ3n) is 5.57. The minimum atomic E-state index is -0.502. The molecular weight excluding hydrogens is 364 g/mol. The van der Waals surface area contributed by atoms with Gasteiger partial charge in [-0.25, -0.2) is 0 Å². The summed E-state index contributed by atoms with van der Waals surface area (Å²) in [6.07, 6.45) is -0.502. The Labute approximate surface area is 174 Å². The monoisotopic (exact) mass is 398 g/mol. The van der Waals surface area contributed by atoms with Crippen molar-refractivity contribution in [2.75, 3.05) is 51.3 Å². The molecule has 0 aliphatic carbocycles. The summed E-state index contributed by atoms with van der Waals surface area (Å²) in [5.74, 6) is 2.24. The Morgan fingerprint density at radius 3 is 2.41 bits per heavy atom. The molecule has 1 heterocycles. The van der Waals surface area contributed by atoms with E-state index in [9.17, 15) is 5.11 Å². The maximum absolute atomic E-state index is 10.4. The van der Waals surface area contributed by atoms with E-state index in [-0.39, 0.29) is 0 Å². The first-order valence-electron chi connectivity index (χ1n) is 10.5. The predicted molar refractivity (Wildman–Crippen MR) is 118 cm³/mol. The summed E-state index contributed by atoms with van der Waals surface area (Å²) >= 11 is 0. The van der Waals surface area contributed by atoms with Crippen LogP contribution in [-0.2, 0) is 0 Å². The number of anilines is 1. The molecule has 29 heavy (non-hydrogen) atoms. The number of β-amino-alcohol motifs (C(OH)–C–C–N with tert-alkyl or cyclic N) is 1. The van der Waals surface area contributed by atoms with Gasteiger partial charge in [-0.1, -0.05) is 32.0 Å². The first-order chi connectivity index (χ1) is 14.0. The number of rotatable bonds is 8. The minimum absolute atomic E-state index is 0.313. The topological polar surface area (TPSA) is 45.2 Å². The zero-order valence-electron chi connectivity index (χ0n) is 18.1. The molecule has 5 nitrogen and oxygen atoms in total. The van der Waals surface area contributed by atoms with Gasteiger partial charge in [-0.15, -0.1) is 0 Å². The normalized spacial score (nSPS) is 16.1. The maximum atomic E-state index is 10.4. The van der Waals surface area contributed by atoms with Gasteiger partial charge in [0.05, 0.1) is 12.8 Å². The molecule has 1 aliphatic rings. The molecular formula is C24H34N2O3. The Bertz CT molecular complexity index is 785. The van der Waals surface area contributed by atoms with Gasteiger partial charge in [0.25, 0.3) is 0 Å². The molecule has 1 fully saturated rings. The molecule has 1 N–H and O–H groups in total. The van der Waals surface area contributed by atoms with Gasteiger partial charge >= 0.3 is 0 Å². The molecule has 0 bridgehead atoms. The lowest BCUT2D eigenvalue weighted by atomic mass is 9.98. The first-order valence-corrected chi connectivity index (χ1v) is 10.5. The van der Waals surface area contributed by atoms with Crippen LogP contribution in [0.1, 0.15) is 30.9 Å². The number of hydrogen-bond acceptors (Lipinski definition) is 5. The van der Waals surface area contributed by atoms with Gasteiger partial charge in [-0.3, -0.25) is 4.90 Å². The van der Waals surface area contributed by atoms with E-state index in [1.807, 2.05) is 24.3 Å². The summed E-state index contributed by atoms with van der Waals surface area (Å²) in [6.45, 7) is 11.1. The molecule has 0 aromatic heterocycles. The number of aliphatic hydroxyl groups excluding tert-OH is 1. The average Bonchev–Trinajstić information content (AvgIpc) is 2.72. The van der Waals surface area contributed by atoms with Crippen molar-refractivity contribution < 1.29 is 14.6 Å². The Balaban J connectivity index is 1.45. The zero-order chi connectivity index (χ0) is 20.8. The number of methoxy groups -OCH3 is 1. The smallest absolute Gasteiger partial charge is 0.142 e. The first kappa shape index (κ1) is 21.5. The van der Waals surface area contributed by atoms with Gasteiger partial charge in [0.1, 0.15) is 24.2 Å². The molecule has 1 aliphatic heterocycles. The molecule has 1 atom stereocenters. The van der Waals surface area contributed by atoms with Crippen LogP contribution in [0.3, 0.4) is 0 Å². The average molecular weight is 399 g/mol. The second kappa shape index (κ2) is 9.99. The minimum Gasteiger partial charge on any atom is -0.495 e. The van der Waals surface area contributed by atoms with Gasteiger partial charge in [0, 0.05) is 32.7 Å². The van der Waals surface area contributed by atoms with E-state index in [1.165, 1.54) is 11.1 Å². The van der Waals surface area contributed by atoms with Crippen molar-refractivity contribution in [3.05, 3.63) is 53.6 Å². The summed E-state index contributed by atoms with van der Waals surface area (Å²) < 4.78 is 11.3. The fraction of sp³-hybridized carbons (Fsp3) is 0.500.